The van der Waals surface area contributed by atoms with Crippen molar-refractivity contribution in [3.8, 4) is 0 Å². The van der Waals surface area contributed by atoms with Gasteiger partial charge in [-0.1, -0.05) is 0 Å². The molecule has 1 atom stereocenters. The molecule has 2 heterocycles. The van der Waals surface area contributed by atoms with Crippen LogP contribution in [0, 0.1) is 0 Å². The van der Waals surface area contributed by atoms with Crippen molar-refractivity contribution in [3.05, 3.63) is 17.7 Å². The lowest BCUT2D eigenvalue weighted by molar-refractivity contribution is 0.531. The fourth-order valence-corrected chi connectivity index (χ4v) is 3.19. The first-order valence-electron chi connectivity index (χ1n) is 5.40. The third kappa shape index (κ3) is 2.44. The molecule has 1 N–H and O–H groups in total. The lowest BCUT2D eigenvalue weighted by atomic mass is 10.1. The highest BCUT2D eigenvalue weighted by molar-refractivity contribution is 7.90. The summed E-state index contributed by atoms with van der Waals surface area (Å²) in [7, 11) is -2.94. The number of nitrogens with one attached hydrogen (secondary N) is 1. The molecule has 5 nitrogen and oxygen atoms in total. The molecule has 0 aromatic carbocycles. The minimum atomic E-state index is -2.94. The normalized spacial score (nSPS) is 18.1. The van der Waals surface area contributed by atoms with Crippen LogP contribution in [0.3, 0.4) is 0 Å². The fraction of sp³-hybridized carbons (Fsp3) is 0.700. The lowest BCUT2D eigenvalue weighted by Gasteiger charge is -2.19. The van der Waals surface area contributed by atoms with E-state index in [4.69, 9.17) is 0 Å². The highest BCUT2D eigenvalue weighted by Crippen LogP contribution is 2.18. The van der Waals surface area contributed by atoms with Crippen LogP contribution in [0.15, 0.2) is 6.33 Å². The SMILES string of the molecule is CC(CS(C)(=O)=O)n1cnc2c1CCNC2. The first-order chi connectivity index (χ1) is 7.47. The summed E-state index contributed by atoms with van der Waals surface area (Å²) in [4.78, 5) is 4.31. The first-order valence-corrected chi connectivity index (χ1v) is 7.46. The van der Waals surface area contributed by atoms with Crippen molar-refractivity contribution in [3.63, 3.8) is 0 Å². The Morgan fingerprint density at radius 3 is 3.06 bits per heavy atom. The van der Waals surface area contributed by atoms with Crippen LogP contribution in [-0.4, -0.2) is 36.5 Å². The number of hydrogen-bond donors (Lipinski definition) is 1. The largest absolute Gasteiger partial charge is 0.330 e. The Bertz CT molecular complexity index is 478. The Kier molecular flexibility index (Phi) is 3.03. The summed E-state index contributed by atoms with van der Waals surface area (Å²) in [5.41, 5.74) is 2.22. The van der Waals surface area contributed by atoms with Gasteiger partial charge in [-0.15, -0.1) is 0 Å². The van der Waals surface area contributed by atoms with Crippen molar-refractivity contribution in [2.75, 3.05) is 18.6 Å². The van der Waals surface area contributed by atoms with Gasteiger partial charge < -0.3 is 9.88 Å². The third-order valence-electron chi connectivity index (χ3n) is 2.83. The molecule has 0 fully saturated rings. The molecule has 0 saturated heterocycles. The van der Waals surface area contributed by atoms with Crippen LogP contribution in [0.5, 0.6) is 0 Å². The zero-order valence-corrected chi connectivity index (χ0v) is 10.4. The summed E-state index contributed by atoms with van der Waals surface area (Å²) in [6.07, 6.45) is 3.95. The molecular weight excluding hydrogens is 226 g/mol. The van der Waals surface area contributed by atoms with Crippen LogP contribution < -0.4 is 5.32 Å². The first kappa shape index (κ1) is 11.6. The van der Waals surface area contributed by atoms with Gasteiger partial charge in [0.05, 0.1) is 17.8 Å². The van der Waals surface area contributed by atoms with E-state index in [9.17, 15) is 8.42 Å². The standard InChI is InChI=1S/C10H17N3O2S/c1-8(6-16(2,14)15)13-7-12-9-5-11-4-3-10(9)13/h7-8,11H,3-6H2,1-2H3. The van der Waals surface area contributed by atoms with Crippen LogP contribution in [0.1, 0.15) is 24.4 Å². The van der Waals surface area contributed by atoms with Crippen LogP contribution in [-0.2, 0) is 22.8 Å². The molecule has 0 saturated carbocycles. The Morgan fingerprint density at radius 1 is 1.62 bits per heavy atom. The van der Waals surface area contributed by atoms with E-state index in [1.165, 1.54) is 11.9 Å². The average Bonchev–Trinajstić information content (AvgIpc) is 2.58. The minimum Gasteiger partial charge on any atom is -0.330 e. The molecule has 0 spiro atoms. The zero-order chi connectivity index (χ0) is 11.8. The van der Waals surface area contributed by atoms with Crippen molar-refractivity contribution in [2.24, 2.45) is 0 Å². The van der Waals surface area contributed by atoms with Gasteiger partial charge in [0.1, 0.15) is 9.84 Å². The van der Waals surface area contributed by atoms with E-state index in [-0.39, 0.29) is 11.8 Å². The van der Waals surface area contributed by atoms with E-state index < -0.39 is 9.84 Å². The summed E-state index contributed by atoms with van der Waals surface area (Å²) >= 11 is 0. The Morgan fingerprint density at radius 2 is 2.38 bits per heavy atom. The van der Waals surface area contributed by atoms with Gasteiger partial charge in [-0.2, -0.15) is 0 Å². The number of aromatic nitrogens is 2. The number of hydrogen-bond acceptors (Lipinski definition) is 4. The maximum absolute atomic E-state index is 11.3. The molecule has 16 heavy (non-hydrogen) atoms. The van der Waals surface area contributed by atoms with E-state index in [1.54, 1.807) is 6.33 Å². The Labute approximate surface area is 95.8 Å². The van der Waals surface area contributed by atoms with Gasteiger partial charge in [0, 0.05) is 37.5 Å². The number of rotatable bonds is 3. The molecule has 6 heteroatoms. The van der Waals surface area contributed by atoms with Gasteiger partial charge in [0.25, 0.3) is 0 Å². The van der Waals surface area contributed by atoms with Crippen LogP contribution >= 0.6 is 0 Å². The van der Waals surface area contributed by atoms with Gasteiger partial charge >= 0.3 is 0 Å². The number of nitrogens with zero attached hydrogens (tertiary/aromatic N) is 2. The molecule has 1 aromatic heterocycles. The second-order valence-corrected chi connectivity index (χ2v) is 6.60. The van der Waals surface area contributed by atoms with E-state index in [1.807, 2.05) is 11.5 Å². The van der Waals surface area contributed by atoms with Crippen LogP contribution in [0.2, 0.25) is 0 Å². The predicted octanol–water partition coefficient (Wildman–Crippen LogP) is 0.134. The molecule has 1 aliphatic rings. The third-order valence-corrected chi connectivity index (χ3v) is 3.92. The maximum atomic E-state index is 11.3. The molecule has 90 valence electrons. The number of sulfone groups is 1. The monoisotopic (exact) mass is 243 g/mol. The molecule has 0 radical (unpaired) electrons. The summed E-state index contributed by atoms with van der Waals surface area (Å²) in [6.45, 7) is 3.64. The van der Waals surface area contributed by atoms with Crippen molar-refractivity contribution < 1.29 is 8.42 Å². The minimum absolute atomic E-state index is 0.0376. The molecular formula is C10H17N3O2S. The second kappa shape index (κ2) is 4.18. The van der Waals surface area contributed by atoms with Gasteiger partial charge in [-0.05, 0) is 6.92 Å². The van der Waals surface area contributed by atoms with E-state index in [2.05, 4.69) is 10.3 Å². The summed E-state index contributed by atoms with van der Waals surface area (Å²) in [5, 5.41) is 3.25. The van der Waals surface area contributed by atoms with Crippen molar-refractivity contribution >= 4 is 9.84 Å². The van der Waals surface area contributed by atoms with Crippen LogP contribution in [0.25, 0.3) is 0 Å². The van der Waals surface area contributed by atoms with Crippen molar-refractivity contribution in [1.82, 2.24) is 14.9 Å². The summed E-state index contributed by atoms with van der Waals surface area (Å²) in [5.74, 6) is 0.170. The molecule has 1 unspecified atom stereocenters. The topological polar surface area (TPSA) is 64.0 Å². The highest BCUT2D eigenvalue weighted by Gasteiger charge is 2.20. The van der Waals surface area contributed by atoms with Crippen molar-refractivity contribution in [2.45, 2.75) is 25.9 Å². The van der Waals surface area contributed by atoms with E-state index in [0.717, 1.165) is 25.2 Å². The second-order valence-electron chi connectivity index (χ2n) is 4.41. The van der Waals surface area contributed by atoms with Gasteiger partial charge in [0.15, 0.2) is 0 Å². The van der Waals surface area contributed by atoms with Gasteiger partial charge in [-0.3, -0.25) is 0 Å². The zero-order valence-electron chi connectivity index (χ0n) is 9.60. The Balaban J connectivity index is 2.24. The fourth-order valence-electron chi connectivity index (χ4n) is 2.16. The molecule has 0 bridgehead atoms. The molecule has 1 aliphatic heterocycles. The van der Waals surface area contributed by atoms with Gasteiger partial charge in [0.2, 0.25) is 0 Å². The molecule has 1 aromatic rings. The molecule has 0 amide bonds. The van der Waals surface area contributed by atoms with Crippen LogP contribution in [0.4, 0.5) is 0 Å². The lowest BCUT2D eigenvalue weighted by Crippen LogP contribution is -2.26. The predicted molar refractivity (Wildman–Crippen MR) is 62.1 cm³/mol. The van der Waals surface area contributed by atoms with Crippen molar-refractivity contribution in [1.29, 1.82) is 0 Å². The summed E-state index contributed by atoms with van der Waals surface area (Å²) < 4.78 is 24.5. The number of fused-ring (bicyclic) bond motifs is 1. The van der Waals surface area contributed by atoms with E-state index in [0.29, 0.717) is 0 Å². The number of imidazole rings is 1. The average molecular weight is 243 g/mol. The Hall–Kier alpha value is -0.880. The smallest absolute Gasteiger partial charge is 0.149 e. The van der Waals surface area contributed by atoms with E-state index >= 15 is 0 Å². The van der Waals surface area contributed by atoms with Gasteiger partial charge in [-0.25, -0.2) is 13.4 Å². The quantitative estimate of drug-likeness (QED) is 0.820. The molecule has 0 aliphatic carbocycles. The summed E-state index contributed by atoms with van der Waals surface area (Å²) in [6, 6.07) is -0.0376. The highest BCUT2D eigenvalue weighted by atomic mass is 32.2. The maximum Gasteiger partial charge on any atom is 0.149 e. The molecule has 2 rings (SSSR count).